The fourth-order valence-electron chi connectivity index (χ4n) is 5.35. The average Bonchev–Trinajstić information content (AvgIpc) is 3.28. The zero-order valence-corrected chi connectivity index (χ0v) is 20.3. The van der Waals surface area contributed by atoms with Gasteiger partial charge < -0.3 is 9.67 Å². The summed E-state index contributed by atoms with van der Waals surface area (Å²) in [6.07, 6.45) is 1.89. The van der Waals surface area contributed by atoms with Crippen LogP contribution in [0.2, 0.25) is 0 Å². The standard InChI is InChI=1S/C33H23N3O/c1-36-29-15-8-14-26(32(29)35-33(36)27-13-6-7-16-30(27)37)23-19-22-10-3-4-11-24(22)28(20-23)31-25-12-5-2-9-21(25)17-18-34-31/h2-20,37H,1H3. The molecule has 0 spiro atoms. The van der Waals surface area contributed by atoms with E-state index >= 15 is 0 Å². The maximum absolute atomic E-state index is 10.5. The van der Waals surface area contributed by atoms with Crippen LogP contribution in [0.5, 0.6) is 5.75 Å². The van der Waals surface area contributed by atoms with Gasteiger partial charge in [0.2, 0.25) is 0 Å². The van der Waals surface area contributed by atoms with E-state index in [0.29, 0.717) is 5.56 Å². The molecule has 0 aliphatic heterocycles. The summed E-state index contributed by atoms with van der Waals surface area (Å²) in [5, 5.41) is 15.1. The number of rotatable bonds is 3. The first-order valence-corrected chi connectivity index (χ1v) is 12.3. The summed E-state index contributed by atoms with van der Waals surface area (Å²) in [5.74, 6) is 0.953. The third-order valence-electron chi connectivity index (χ3n) is 7.16. The van der Waals surface area contributed by atoms with Crippen molar-refractivity contribution in [2.24, 2.45) is 7.05 Å². The van der Waals surface area contributed by atoms with Gasteiger partial charge in [0.25, 0.3) is 0 Å². The number of hydrogen-bond acceptors (Lipinski definition) is 3. The van der Waals surface area contributed by atoms with Gasteiger partial charge in [-0.15, -0.1) is 0 Å². The zero-order valence-electron chi connectivity index (χ0n) is 20.3. The Labute approximate surface area is 214 Å². The molecule has 0 aliphatic rings. The van der Waals surface area contributed by atoms with Gasteiger partial charge in [-0.05, 0) is 58.1 Å². The number of aryl methyl sites for hydroxylation is 1. The summed E-state index contributed by atoms with van der Waals surface area (Å²) in [5.41, 5.74) is 6.81. The summed E-state index contributed by atoms with van der Waals surface area (Å²) >= 11 is 0. The molecule has 0 amide bonds. The Morgan fingerprint density at radius 1 is 0.649 bits per heavy atom. The molecule has 7 aromatic rings. The molecule has 1 N–H and O–H groups in total. The van der Waals surface area contributed by atoms with Crippen molar-refractivity contribution in [1.82, 2.24) is 14.5 Å². The lowest BCUT2D eigenvalue weighted by molar-refractivity contribution is 0.476. The molecule has 0 saturated carbocycles. The van der Waals surface area contributed by atoms with Crippen molar-refractivity contribution < 1.29 is 5.11 Å². The molecule has 0 saturated heterocycles. The summed E-state index contributed by atoms with van der Waals surface area (Å²) in [4.78, 5) is 9.88. The number of para-hydroxylation sites is 2. The van der Waals surface area contributed by atoms with E-state index < -0.39 is 0 Å². The summed E-state index contributed by atoms with van der Waals surface area (Å²) in [6.45, 7) is 0. The number of phenolic OH excluding ortho intramolecular Hbond substituents is 1. The van der Waals surface area contributed by atoms with E-state index in [4.69, 9.17) is 9.97 Å². The van der Waals surface area contributed by atoms with Gasteiger partial charge in [0.15, 0.2) is 0 Å². The van der Waals surface area contributed by atoms with E-state index in [9.17, 15) is 5.11 Å². The van der Waals surface area contributed by atoms with E-state index in [0.717, 1.165) is 55.4 Å². The van der Waals surface area contributed by atoms with Crippen molar-refractivity contribution >= 4 is 32.6 Å². The lowest BCUT2D eigenvalue weighted by Gasteiger charge is -2.13. The van der Waals surface area contributed by atoms with Crippen molar-refractivity contribution in [1.29, 1.82) is 0 Å². The number of fused-ring (bicyclic) bond motifs is 3. The quantitative estimate of drug-likeness (QED) is 0.281. The zero-order chi connectivity index (χ0) is 24.9. The number of pyridine rings is 1. The topological polar surface area (TPSA) is 50.9 Å². The van der Waals surface area contributed by atoms with Gasteiger partial charge in [-0.3, -0.25) is 4.98 Å². The average molecular weight is 478 g/mol. The Hall–Kier alpha value is -4.96. The Morgan fingerprint density at radius 2 is 1.38 bits per heavy atom. The van der Waals surface area contributed by atoms with Gasteiger partial charge in [0.1, 0.15) is 11.6 Å². The van der Waals surface area contributed by atoms with E-state index in [1.54, 1.807) is 6.07 Å². The molecule has 37 heavy (non-hydrogen) atoms. The molecule has 0 fully saturated rings. The molecule has 0 bridgehead atoms. The fraction of sp³-hybridized carbons (Fsp3) is 0.0303. The van der Waals surface area contributed by atoms with Crippen molar-refractivity contribution in [3.05, 3.63) is 115 Å². The van der Waals surface area contributed by atoms with Crippen LogP contribution in [0.3, 0.4) is 0 Å². The number of hydrogen-bond donors (Lipinski definition) is 1. The SMILES string of the molecule is Cn1c(-c2ccccc2O)nc2c(-c3cc(-c4nccc5ccccc45)c4ccccc4c3)cccc21. The Morgan fingerprint density at radius 3 is 2.24 bits per heavy atom. The molecular formula is C33H23N3O. The minimum Gasteiger partial charge on any atom is -0.507 e. The van der Waals surface area contributed by atoms with Gasteiger partial charge in [-0.1, -0.05) is 72.8 Å². The van der Waals surface area contributed by atoms with Crippen molar-refractivity contribution in [3.63, 3.8) is 0 Å². The highest BCUT2D eigenvalue weighted by atomic mass is 16.3. The number of aromatic hydroxyl groups is 1. The first-order valence-electron chi connectivity index (χ1n) is 12.3. The van der Waals surface area contributed by atoms with E-state index in [1.165, 1.54) is 5.39 Å². The molecule has 0 radical (unpaired) electrons. The lowest BCUT2D eigenvalue weighted by Crippen LogP contribution is -1.92. The van der Waals surface area contributed by atoms with E-state index in [1.807, 2.05) is 36.0 Å². The fourth-order valence-corrected chi connectivity index (χ4v) is 5.35. The largest absolute Gasteiger partial charge is 0.507 e. The third kappa shape index (κ3) is 3.38. The third-order valence-corrected chi connectivity index (χ3v) is 7.16. The summed E-state index contributed by atoms with van der Waals surface area (Å²) < 4.78 is 2.04. The molecule has 2 aromatic heterocycles. The van der Waals surface area contributed by atoms with E-state index in [2.05, 4.69) is 84.9 Å². The number of benzene rings is 5. The van der Waals surface area contributed by atoms with E-state index in [-0.39, 0.29) is 5.75 Å². The van der Waals surface area contributed by atoms with Crippen LogP contribution in [-0.2, 0) is 7.05 Å². The normalized spacial score (nSPS) is 11.5. The predicted octanol–water partition coefficient (Wildman–Crippen LogP) is 7.98. The number of nitrogens with zero attached hydrogens (tertiary/aromatic N) is 3. The minimum absolute atomic E-state index is 0.220. The first-order chi connectivity index (χ1) is 18.2. The second-order valence-corrected chi connectivity index (χ2v) is 9.31. The molecule has 0 unspecified atom stereocenters. The molecule has 0 aliphatic carbocycles. The highest BCUT2D eigenvalue weighted by Gasteiger charge is 2.18. The summed E-state index contributed by atoms with van der Waals surface area (Å²) in [6, 6.07) is 37.0. The molecule has 4 heteroatoms. The monoisotopic (exact) mass is 477 g/mol. The van der Waals surface area contributed by atoms with Crippen LogP contribution < -0.4 is 0 Å². The molecule has 0 atom stereocenters. The van der Waals surface area contributed by atoms with Crippen LogP contribution in [0.15, 0.2) is 115 Å². The minimum atomic E-state index is 0.220. The molecule has 4 nitrogen and oxygen atoms in total. The predicted molar refractivity (Wildman–Crippen MR) is 151 cm³/mol. The van der Waals surface area contributed by atoms with Crippen LogP contribution in [0.25, 0.3) is 66.4 Å². The smallest absolute Gasteiger partial charge is 0.144 e. The first kappa shape index (κ1) is 21.3. The van der Waals surface area contributed by atoms with Crippen LogP contribution in [0, 0.1) is 0 Å². The summed E-state index contributed by atoms with van der Waals surface area (Å²) in [7, 11) is 1.99. The Kier molecular flexibility index (Phi) is 4.79. The number of imidazole rings is 1. The van der Waals surface area contributed by atoms with Crippen molar-refractivity contribution in [3.8, 4) is 39.5 Å². The van der Waals surface area contributed by atoms with Crippen LogP contribution >= 0.6 is 0 Å². The molecule has 5 aromatic carbocycles. The molecule has 176 valence electrons. The lowest BCUT2D eigenvalue weighted by atomic mass is 9.93. The second-order valence-electron chi connectivity index (χ2n) is 9.31. The molecule has 2 heterocycles. The van der Waals surface area contributed by atoms with Gasteiger partial charge in [0.05, 0.1) is 22.3 Å². The van der Waals surface area contributed by atoms with Gasteiger partial charge in [-0.2, -0.15) is 0 Å². The molecular weight excluding hydrogens is 454 g/mol. The second kappa shape index (κ2) is 8.32. The number of phenols is 1. The molecule has 7 rings (SSSR count). The van der Waals surface area contributed by atoms with Gasteiger partial charge in [0, 0.05) is 29.8 Å². The van der Waals surface area contributed by atoms with Crippen molar-refractivity contribution in [2.75, 3.05) is 0 Å². The highest BCUT2D eigenvalue weighted by Crippen LogP contribution is 2.39. The maximum atomic E-state index is 10.5. The Balaban J connectivity index is 1.51. The van der Waals surface area contributed by atoms with Crippen LogP contribution in [-0.4, -0.2) is 19.6 Å². The maximum Gasteiger partial charge on any atom is 0.144 e. The van der Waals surface area contributed by atoms with Crippen molar-refractivity contribution in [2.45, 2.75) is 0 Å². The Bertz CT molecular complexity index is 1960. The van der Waals surface area contributed by atoms with Crippen LogP contribution in [0.4, 0.5) is 0 Å². The highest BCUT2D eigenvalue weighted by molar-refractivity contribution is 6.07. The number of aromatic nitrogens is 3. The van der Waals surface area contributed by atoms with Gasteiger partial charge in [-0.25, -0.2) is 4.98 Å². The van der Waals surface area contributed by atoms with Crippen LogP contribution in [0.1, 0.15) is 0 Å². The van der Waals surface area contributed by atoms with Gasteiger partial charge >= 0.3 is 0 Å².